The average Bonchev–Trinajstić information content (AvgIpc) is 2.94. The molecular formula is C19H28N2. The molecule has 0 saturated carbocycles. The molecule has 1 N–H and O–H groups in total. The van der Waals surface area contributed by atoms with E-state index in [1.807, 2.05) is 0 Å². The molecule has 4 rings (SSSR count). The largest absolute Gasteiger partial charge is 0.306 e. The standard InChI is InChI=1S/C19H28N2/c1-14-9-10-17(16-7-3-2-6-15(14)16)20-18-11-13-21-12-5-4-8-19(18)21/h2-3,6-7,14,17-20H,4-5,8-13H2,1H3. The van der Waals surface area contributed by atoms with Crippen LogP contribution in [0.5, 0.6) is 0 Å². The third kappa shape index (κ3) is 2.53. The zero-order valence-corrected chi connectivity index (χ0v) is 13.2. The molecule has 0 amide bonds. The van der Waals surface area contributed by atoms with Crippen LogP contribution in [0, 0.1) is 0 Å². The predicted octanol–water partition coefficient (Wildman–Crippen LogP) is 3.84. The van der Waals surface area contributed by atoms with Crippen LogP contribution in [0.3, 0.4) is 0 Å². The van der Waals surface area contributed by atoms with Crippen LogP contribution < -0.4 is 5.32 Å². The number of piperidine rings is 1. The quantitative estimate of drug-likeness (QED) is 0.887. The van der Waals surface area contributed by atoms with Crippen LogP contribution in [0.25, 0.3) is 0 Å². The fourth-order valence-electron chi connectivity index (χ4n) is 4.88. The van der Waals surface area contributed by atoms with E-state index in [0.29, 0.717) is 6.04 Å². The van der Waals surface area contributed by atoms with Crippen molar-refractivity contribution in [2.24, 2.45) is 0 Å². The summed E-state index contributed by atoms with van der Waals surface area (Å²) >= 11 is 0. The van der Waals surface area contributed by atoms with Crippen LogP contribution in [-0.4, -0.2) is 30.1 Å². The lowest BCUT2D eigenvalue weighted by molar-refractivity contribution is 0.174. The molecule has 2 aliphatic heterocycles. The molecule has 114 valence electrons. The van der Waals surface area contributed by atoms with E-state index >= 15 is 0 Å². The minimum absolute atomic E-state index is 0.587. The molecule has 2 fully saturated rings. The highest BCUT2D eigenvalue weighted by Crippen LogP contribution is 2.38. The van der Waals surface area contributed by atoms with Crippen LogP contribution in [-0.2, 0) is 0 Å². The first-order chi connectivity index (χ1) is 10.3. The first-order valence-corrected chi connectivity index (χ1v) is 8.92. The Bertz CT molecular complexity index is 498. The Morgan fingerprint density at radius 1 is 0.952 bits per heavy atom. The first-order valence-electron chi connectivity index (χ1n) is 8.92. The molecule has 2 heterocycles. The third-order valence-corrected chi connectivity index (χ3v) is 6.06. The molecule has 21 heavy (non-hydrogen) atoms. The number of nitrogens with one attached hydrogen (secondary N) is 1. The smallest absolute Gasteiger partial charge is 0.0326 e. The van der Waals surface area contributed by atoms with E-state index < -0.39 is 0 Å². The maximum absolute atomic E-state index is 4.05. The van der Waals surface area contributed by atoms with Gasteiger partial charge in [-0.05, 0) is 55.7 Å². The highest BCUT2D eigenvalue weighted by atomic mass is 15.2. The highest BCUT2D eigenvalue weighted by Gasteiger charge is 2.37. The minimum Gasteiger partial charge on any atom is -0.306 e. The lowest BCUT2D eigenvalue weighted by Gasteiger charge is -2.37. The molecule has 1 aliphatic carbocycles. The summed E-state index contributed by atoms with van der Waals surface area (Å²) in [6.45, 7) is 5.03. The van der Waals surface area contributed by atoms with Crippen LogP contribution in [0.2, 0.25) is 0 Å². The monoisotopic (exact) mass is 284 g/mol. The zero-order valence-electron chi connectivity index (χ0n) is 13.2. The topological polar surface area (TPSA) is 15.3 Å². The summed E-state index contributed by atoms with van der Waals surface area (Å²) in [4.78, 5) is 2.73. The molecule has 2 saturated heterocycles. The lowest BCUT2D eigenvalue weighted by atomic mass is 9.80. The van der Waals surface area contributed by atoms with Crippen LogP contribution in [0.1, 0.15) is 68.5 Å². The second kappa shape index (κ2) is 5.73. The fourth-order valence-corrected chi connectivity index (χ4v) is 4.88. The van der Waals surface area contributed by atoms with Gasteiger partial charge in [0, 0.05) is 24.7 Å². The van der Waals surface area contributed by atoms with Gasteiger partial charge in [-0.25, -0.2) is 0 Å². The number of benzene rings is 1. The molecule has 2 heteroatoms. The predicted molar refractivity (Wildman–Crippen MR) is 87.6 cm³/mol. The van der Waals surface area contributed by atoms with E-state index in [-0.39, 0.29) is 0 Å². The van der Waals surface area contributed by atoms with Crippen molar-refractivity contribution >= 4 is 0 Å². The molecule has 1 aromatic rings. The SMILES string of the molecule is CC1CCC(NC2CCN3CCCCC23)c2ccccc21. The van der Waals surface area contributed by atoms with Crippen molar-refractivity contribution in [1.82, 2.24) is 10.2 Å². The van der Waals surface area contributed by atoms with Crippen molar-refractivity contribution in [2.75, 3.05) is 13.1 Å². The van der Waals surface area contributed by atoms with E-state index in [9.17, 15) is 0 Å². The molecule has 4 unspecified atom stereocenters. The maximum Gasteiger partial charge on any atom is 0.0326 e. The van der Waals surface area contributed by atoms with Gasteiger partial charge in [-0.15, -0.1) is 0 Å². The van der Waals surface area contributed by atoms with Crippen molar-refractivity contribution in [3.8, 4) is 0 Å². The molecule has 0 radical (unpaired) electrons. The van der Waals surface area contributed by atoms with Gasteiger partial charge in [0.1, 0.15) is 0 Å². The van der Waals surface area contributed by atoms with Crippen LogP contribution in [0.4, 0.5) is 0 Å². The number of nitrogens with zero attached hydrogens (tertiary/aromatic N) is 1. The maximum atomic E-state index is 4.05. The van der Waals surface area contributed by atoms with Gasteiger partial charge in [0.05, 0.1) is 0 Å². The summed E-state index contributed by atoms with van der Waals surface area (Å²) in [5, 5.41) is 4.05. The van der Waals surface area contributed by atoms with Crippen molar-refractivity contribution < 1.29 is 0 Å². The number of rotatable bonds is 2. The van der Waals surface area contributed by atoms with Crippen LogP contribution in [0.15, 0.2) is 24.3 Å². The van der Waals surface area contributed by atoms with Crippen molar-refractivity contribution in [3.05, 3.63) is 35.4 Å². The number of fused-ring (bicyclic) bond motifs is 2. The number of hydrogen-bond donors (Lipinski definition) is 1. The normalized spacial score (nSPS) is 36.2. The van der Waals surface area contributed by atoms with E-state index in [1.165, 1.54) is 51.6 Å². The Labute approximate surface area is 128 Å². The Kier molecular flexibility index (Phi) is 3.76. The van der Waals surface area contributed by atoms with Crippen LogP contribution >= 0.6 is 0 Å². The van der Waals surface area contributed by atoms with Crippen molar-refractivity contribution in [3.63, 3.8) is 0 Å². The molecule has 0 spiro atoms. The third-order valence-electron chi connectivity index (χ3n) is 6.06. The molecule has 0 aromatic heterocycles. The summed E-state index contributed by atoms with van der Waals surface area (Å²) in [5.41, 5.74) is 3.16. The van der Waals surface area contributed by atoms with Gasteiger partial charge < -0.3 is 5.32 Å². The van der Waals surface area contributed by atoms with Gasteiger partial charge in [0.2, 0.25) is 0 Å². The van der Waals surface area contributed by atoms with E-state index in [4.69, 9.17) is 0 Å². The van der Waals surface area contributed by atoms with Gasteiger partial charge in [-0.2, -0.15) is 0 Å². The van der Waals surface area contributed by atoms with E-state index in [2.05, 4.69) is 41.4 Å². The molecule has 3 aliphatic rings. The average molecular weight is 284 g/mol. The fraction of sp³-hybridized carbons (Fsp3) is 0.684. The molecule has 2 nitrogen and oxygen atoms in total. The summed E-state index contributed by atoms with van der Waals surface area (Å²) < 4.78 is 0. The van der Waals surface area contributed by atoms with Gasteiger partial charge in [-0.3, -0.25) is 4.90 Å². The van der Waals surface area contributed by atoms with Gasteiger partial charge in [-0.1, -0.05) is 37.6 Å². The van der Waals surface area contributed by atoms with Crippen molar-refractivity contribution in [1.29, 1.82) is 0 Å². The Balaban J connectivity index is 1.51. The highest BCUT2D eigenvalue weighted by molar-refractivity contribution is 5.35. The Morgan fingerprint density at radius 2 is 1.81 bits per heavy atom. The number of hydrogen-bond acceptors (Lipinski definition) is 2. The van der Waals surface area contributed by atoms with Crippen molar-refractivity contribution in [2.45, 2.75) is 69.5 Å². The second-order valence-corrected chi connectivity index (χ2v) is 7.32. The summed E-state index contributed by atoms with van der Waals surface area (Å²) in [6, 6.07) is 11.2. The Morgan fingerprint density at radius 3 is 2.71 bits per heavy atom. The van der Waals surface area contributed by atoms with Gasteiger partial charge in [0.15, 0.2) is 0 Å². The first kappa shape index (κ1) is 13.8. The summed E-state index contributed by atoms with van der Waals surface area (Å²) in [5.74, 6) is 0.731. The lowest BCUT2D eigenvalue weighted by Crippen LogP contribution is -2.46. The van der Waals surface area contributed by atoms with E-state index in [0.717, 1.165) is 18.0 Å². The Hall–Kier alpha value is -0.860. The van der Waals surface area contributed by atoms with E-state index in [1.54, 1.807) is 11.1 Å². The molecule has 1 aromatic carbocycles. The van der Waals surface area contributed by atoms with Gasteiger partial charge in [0.25, 0.3) is 0 Å². The minimum atomic E-state index is 0.587. The summed E-state index contributed by atoms with van der Waals surface area (Å²) in [6.07, 6.45) is 8.23. The van der Waals surface area contributed by atoms with Gasteiger partial charge >= 0.3 is 0 Å². The molecule has 0 bridgehead atoms. The molecular weight excluding hydrogens is 256 g/mol. The summed E-state index contributed by atoms with van der Waals surface area (Å²) in [7, 11) is 0. The second-order valence-electron chi connectivity index (χ2n) is 7.32. The molecule has 4 atom stereocenters. The zero-order chi connectivity index (χ0) is 14.2.